The SMILES string of the molecule is CC1(F)C(c2cccc(OCCCN3CCC3(C)C)c2)=CC=CC1c1ccc2c(c1)CCNC2. The Labute approximate surface area is 203 Å². The molecule has 1 fully saturated rings. The zero-order chi connectivity index (χ0) is 23.8. The first-order valence-corrected chi connectivity index (χ1v) is 12.7. The van der Waals surface area contributed by atoms with Crippen molar-refractivity contribution in [3.63, 3.8) is 0 Å². The van der Waals surface area contributed by atoms with Gasteiger partial charge in [0.2, 0.25) is 0 Å². The van der Waals surface area contributed by atoms with E-state index in [9.17, 15) is 0 Å². The number of benzene rings is 2. The molecule has 0 radical (unpaired) electrons. The molecule has 0 saturated carbocycles. The van der Waals surface area contributed by atoms with Crippen molar-refractivity contribution in [2.45, 2.75) is 63.7 Å². The molecule has 0 spiro atoms. The Kier molecular flexibility index (Phi) is 6.39. The van der Waals surface area contributed by atoms with Crippen molar-refractivity contribution in [2.24, 2.45) is 0 Å². The van der Waals surface area contributed by atoms with Crippen LogP contribution in [0.15, 0.2) is 60.7 Å². The minimum absolute atomic E-state index is 0.308. The number of halogens is 1. The minimum atomic E-state index is -1.50. The molecule has 2 aromatic carbocycles. The van der Waals surface area contributed by atoms with Crippen LogP contribution in [0.3, 0.4) is 0 Å². The monoisotopic (exact) mass is 460 g/mol. The van der Waals surface area contributed by atoms with Crippen LogP contribution in [0, 0.1) is 0 Å². The van der Waals surface area contributed by atoms with Crippen LogP contribution in [0.1, 0.15) is 61.8 Å². The second kappa shape index (κ2) is 9.31. The molecule has 0 amide bonds. The summed E-state index contributed by atoms with van der Waals surface area (Å²) in [6, 6.07) is 14.4. The van der Waals surface area contributed by atoms with E-state index in [2.05, 4.69) is 42.3 Å². The van der Waals surface area contributed by atoms with Gasteiger partial charge in [-0.2, -0.15) is 0 Å². The van der Waals surface area contributed by atoms with Crippen LogP contribution >= 0.6 is 0 Å². The first kappa shape index (κ1) is 23.3. The Bertz CT molecular complexity index is 1100. The summed E-state index contributed by atoms with van der Waals surface area (Å²) < 4.78 is 22.5. The average Bonchev–Trinajstić information content (AvgIpc) is 2.82. The highest BCUT2D eigenvalue weighted by molar-refractivity contribution is 5.77. The van der Waals surface area contributed by atoms with Crippen molar-refractivity contribution in [3.05, 3.63) is 82.9 Å². The highest BCUT2D eigenvalue weighted by Gasteiger charge is 2.40. The normalized spacial score (nSPS) is 25.9. The van der Waals surface area contributed by atoms with Crippen molar-refractivity contribution in [2.75, 3.05) is 26.2 Å². The number of hydrogen-bond donors (Lipinski definition) is 1. The van der Waals surface area contributed by atoms with Gasteiger partial charge in [-0.05, 0) is 86.5 Å². The molecule has 1 aliphatic carbocycles. The van der Waals surface area contributed by atoms with Gasteiger partial charge in [0, 0.05) is 31.1 Å². The molecule has 2 unspecified atom stereocenters. The van der Waals surface area contributed by atoms with Crippen LogP contribution in [0.2, 0.25) is 0 Å². The third-order valence-corrected chi connectivity index (χ3v) is 7.99. The topological polar surface area (TPSA) is 24.5 Å². The molecule has 2 atom stereocenters. The zero-order valence-corrected chi connectivity index (χ0v) is 20.7. The third-order valence-electron chi connectivity index (χ3n) is 7.99. The first-order chi connectivity index (χ1) is 16.3. The Morgan fingerprint density at radius 2 is 2.00 bits per heavy atom. The highest BCUT2D eigenvalue weighted by Crippen LogP contribution is 2.46. The predicted octanol–water partition coefficient (Wildman–Crippen LogP) is 6.05. The number of allylic oxidation sites excluding steroid dienone is 4. The van der Waals surface area contributed by atoms with Crippen LogP contribution in [-0.2, 0) is 13.0 Å². The Morgan fingerprint density at radius 1 is 1.12 bits per heavy atom. The number of nitrogens with one attached hydrogen (secondary N) is 1. The van der Waals surface area contributed by atoms with E-state index in [-0.39, 0.29) is 5.92 Å². The van der Waals surface area contributed by atoms with E-state index in [1.165, 1.54) is 24.1 Å². The van der Waals surface area contributed by atoms with E-state index in [4.69, 9.17) is 4.74 Å². The molecule has 3 aliphatic rings. The minimum Gasteiger partial charge on any atom is -0.494 e. The van der Waals surface area contributed by atoms with Crippen LogP contribution in [0.5, 0.6) is 5.75 Å². The lowest BCUT2D eigenvalue weighted by atomic mass is 9.74. The number of nitrogens with zero attached hydrogens (tertiary/aromatic N) is 1. The molecule has 2 aliphatic heterocycles. The molecule has 3 nitrogen and oxygen atoms in total. The fourth-order valence-electron chi connectivity index (χ4n) is 5.60. The molecule has 5 rings (SSSR count). The first-order valence-electron chi connectivity index (χ1n) is 12.7. The lowest BCUT2D eigenvalue weighted by molar-refractivity contribution is 0.0123. The van der Waals surface area contributed by atoms with Crippen LogP contribution in [0.4, 0.5) is 4.39 Å². The number of fused-ring (bicyclic) bond motifs is 1. The van der Waals surface area contributed by atoms with Crippen molar-refractivity contribution in [3.8, 4) is 5.75 Å². The number of alkyl halides is 1. The quantitative estimate of drug-likeness (QED) is 0.509. The molecule has 0 aromatic heterocycles. The second-order valence-electron chi connectivity index (χ2n) is 10.8. The van der Waals surface area contributed by atoms with Gasteiger partial charge in [0.1, 0.15) is 11.4 Å². The smallest absolute Gasteiger partial charge is 0.144 e. The Balaban J connectivity index is 1.28. The summed E-state index contributed by atoms with van der Waals surface area (Å²) in [5.41, 5.74) is 4.15. The number of hydrogen-bond acceptors (Lipinski definition) is 3. The summed E-state index contributed by atoms with van der Waals surface area (Å²) in [4.78, 5) is 2.51. The van der Waals surface area contributed by atoms with Gasteiger partial charge in [-0.1, -0.05) is 48.6 Å². The summed E-state index contributed by atoms with van der Waals surface area (Å²) >= 11 is 0. The molecule has 34 heavy (non-hydrogen) atoms. The van der Waals surface area contributed by atoms with Gasteiger partial charge in [0.15, 0.2) is 0 Å². The molecule has 1 N–H and O–H groups in total. The van der Waals surface area contributed by atoms with Gasteiger partial charge < -0.3 is 10.1 Å². The van der Waals surface area contributed by atoms with E-state index in [0.717, 1.165) is 49.4 Å². The molecular weight excluding hydrogens is 423 g/mol. The molecule has 0 bridgehead atoms. The van der Waals surface area contributed by atoms with Crippen LogP contribution in [-0.4, -0.2) is 42.3 Å². The highest BCUT2D eigenvalue weighted by atomic mass is 19.1. The molecule has 2 aromatic rings. The molecule has 180 valence electrons. The summed E-state index contributed by atoms with van der Waals surface area (Å²) in [7, 11) is 0. The molecule has 4 heteroatoms. The van der Waals surface area contributed by atoms with Gasteiger partial charge in [-0.15, -0.1) is 0 Å². The van der Waals surface area contributed by atoms with Gasteiger partial charge >= 0.3 is 0 Å². The van der Waals surface area contributed by atoms with Gasteiger partial charge in [-0.3, -0.25) is 4.90 Å². The maximum atomic E-state index is 16.5. The van der Waals surface area contributed by atoms with E-state index in [1.807, 2.05) is 42.5 Å². The van der Waals surface area contributed by atoms with E-state index >= 15 is 4.39 Å². The second-order valence-corrected chi connectivity index (χ2v) is 10.8. The van der Waals surface area contributed by atoms with E-state index in [1.54, 1.807) is 6.92 Å². The lowest BCUT2D eigenvalue weighted by Gasteiger charge is -2.48. The lowest BCUT2D eigenvalue weighted by Crippen LogP contribution is -2.55. The van der Waals surface area contributed by atoms with Crippen molar-refractivity contribution < 1.29 is 9.13 Å². The Morgan fingerprint density at radius 3 is 2.79 bits per heavy atom. The average molecular weight is 461 g/mol. The molecular formula is C30H37FN2O. The summed E-state index contributed by atoms with van der Waals surface area (Å²) in [6.45, 7) is 11.1. The van der Waals surface area contributed by atoms with Gasteiger partial charge in [0.05, 0.1) is 6.61 Å². The summed E-state index contributed by atoms with van der Waals surface area (Å²) in [5.74, 6) is 0.501. The van der Waals surface area contributed by atoms with Crippen LogP contribution in [0.25, 0.3) is 5.57 Å². The fourth-order valence-corrected chi connectivity index (χ4v) is 5.60. The zero-order valence-electron chi connectivity index (χ0n) is 20.7. The molecule has 1 saturated heterocycles. The third kappa shape index (κ3) is 4.58. The summed E-state index contributed by atoms with van der Waals surface area (Å²) in [6.07, 6.45) is 9.19. The van der Waals surface area contributed by atoms with Gasteiger partial charge in [0.25, 0.3) is 0 Å². The van der Waals surface area contributed by atoms with Crippen LogP contribution < -0.4 is 10.1 Å². The largest absolute Gasteiger partial charge is 0.494 e. The summed E-state index contributed by atoms with van der Waals surface area (Å²) in [5, 5.41) is 3.41. The van der Waals surface area contributed by atoms with Gasteiger partial charge in [-0.25, -0.2) is 4.39 Å². The molecule has 2 heterocycles. The number of likely N-dealkylation sites (tertiary alicyclic amines) is 1. The van der Waals surface area contributed by atoms with Crippen molar-refractivity contribution >= 4 is 5.57 Å². The number of rotatable bonds is 7. The van der Waals surface area contributed by atoms with Crippen molar-refractivity contribution in [1.29, 1.82) is 0 Å². The number of ether oxygens (including phenoxy) is 1. The van der Waals surface area contributed by atoms with E-state index in [0.29, 0.717) is 17.7 Å². The van der Waals surface area contributed by atoms with Crippen molar-refractivity contribution in [1.82, 2.24) is 10.2 Å². The fraction of sp³-hybridized carbons (Fsp3) is 0.467. The van der Waals surface area contributed by atoms with E-state index < -0.39 is 5.67 Å². The maximum absolute atomic E-state index is 16.5. The Hall–Kier alpha value is -2.43. The standard InChI is InChI=1S/C30H37FN2O/c1-29(2)14-17-33(29)16-6-18-34-26-8-4-7-23(20-26)27-9-5-10-28(30(27,3)31)24-11-12-25-21-32-15-13-22(25)19-24/h4-5,7-12,19-20,28,32H,6,13-18,21H2,1-3H3. The predicted molar refractivity (Wildman–Crippen MR) is 138 cm³/mol. The maximum Gasteiger partial charge on any atom is 0.144 e.